The fraction of sp³-hybridized carbons (Fsp3) is 0.533. The van der Waals surface area contributed by atoms with Gasteiger partial charge in [0.2, 0.25) is 6.41 Å². The molecule has 0 radical (unpaired) electrons. The van der Waals surface area contributed by atoms with Gasteiger partial charge in [-0.25, -0.2) is 0 Å². The molecular formula is C15H23ClN2O. The second kappa shape index (κ2) is 8.18. The van der Waals surface area contributed by atoms with Crippen molar-refractivity contribution in [3.63, 3.8) is 0 Å². The maximum absolute atomic E-state index is 11.1. The highest BCUT2D eigenvalue weighted by molar-refractivity contribution is 6.31. The first-order valence-electron chi connectivity index (χ1n) is 6.74. The normalized spacial score (nSPS) is 12.2. The van der Waals surface area contributed by atoms with Crippen LogP contribution >= 0.6 is 11.6 Å². The number of halogens is 1. The van der Waals surface area contributed by atoms with Crippen molar-refractivity contribution < 1.29 is 4.79 Å². The van der Waals surface area contributed by atoms with Gasteiger partial charge in [-0.3, -0.25) is 4.79 Å². The zero-order valence-corrected chi connectivity index (χ0v) is 12.7. The van der Waals surface area contributed by atoms with Crippen molar-refractivity contribution in [3.8, 4) is 0 Å². The lowest BCUT2D eigenvalue weighted by molar-refractivity contribution is -0.118. The van der Waals surface area contributed by atoms with Gasteiger partial charge in [-0.15, -0.1) is 0 Å². The van der Waals surface area contributed by atoms with E-state index in [2.05, 4.69) is 19.2 Å². The Morgan fingerprint density at radius 2 is 2.21 bits per heavy atom. The van der Waals surface area contributed by atoms with Gasteiger partial charge >= 0.3 is 0 Å². The molecule has 0 aliphatic carbocycles. The van der Waals surface area contributed by atoms with E-state index in [-0.39, 0.29) is 0 Å². The summed E-state index contributed by atoms with van der Waals surface area (Å²) in [7, 11) is 0. The number of aryl methyl sites for hydroxylation is 1. The number of rotatable bonds is 8. The van der Waals surface area contributed by atoms with Crippen molar-refractivity contribution in [2.45, 2.75) is 39.8 Å². The molecule has 0 aliphatic heterocycles. The maximum Gasteiger partial charge on any atom is 0.210 e. The number of nitrogens with zero attached hydrogens (tertiary/aromatic N) is 1. The second-order valence-corrected chi connectivity index (χ2v) is 5.33. The monoisotopic (exact) mass is 282 g/mol. The molecule has 1 aromatic carbocycles. The molecule has 1 rings (SSSR count). The van der Waals surface area contributed by atoms with Crippen molar-refractivity contribution in [3.05, 3.63) is 34.3 Å². The number of carbonyl (C=O) groups excluding carboxylic acids is 1. The predicted octanol–water partition coefficient (Wildman–Crippen LogP) is 2.99. The van der Waals surface area contributed by atoms with E-state index in [0.29, 0.717) is 12.6 Å². The van der Waals surface area contributed by atoms with Crippen molar-refractivity contribution in [1.82, 2.24) is 10.2 Å². The first kappa shape index (κ1) is 16.0. The molecule has 19 heavy (non-hydrogen) atoms. The van der Waals surface area contributed by atoms with Crippen LogP contribution in [0.5, 0.6) is 0 Å². The van der Waals surface area contributed by atoms with E-state index in [1.54, 1.807) is 4.90 Å². The number of carbonyl (C=O) groups is 1. The van der Waals surface area contributed by atoms with Crippen LogP contribution in [0.1, 0.15) is 31.4 Å². The third-order valence-electron chi connectivity index (χ3n) is 3.26. The first-order valence-corrected chi connectivity index (χ1v) is 7.12. The topological polar surface area (TPSA) is 32.3 Å². The van der Waals surface area contributed by atoms with Crippen molar-refractivity contribution >= 4 is 18.0 Å². The Hall–Kier alpha value is -1.06. The second-order valence-electron chi connectivity index (χ2n) is 4.92. The van der Waals surface area contributed by atoms with Crippen LogP contribution in [-0.2, 0) is 11.3 Å². The molecule has 0 heterocycles. The van der Waals surface area contributed by atoms with E-state index in [0.717, 1.165) is 42.1 Å². The number of amides is 1. The van der Waals surface area contributed by atoms with Crippen LogP contribution in [0.25, 0.3) is 0 Å². The van der Waals surface area contributed by atoms with Crippen LogP contribution in [0.2, 0.25) is 5.02 Å². The summed E-state index contributed by atoms with van der Waals surface area (Å²) in [6, 6.07) is 6.37. The average molecular weight is 283 g/mol. The van der Waals surface area contributed by atoms with E-state index in [9.17, 15) is 4.79 Å². The standard InChI is InChI=1S/C15H23ClN2O/c1-4-13(3)17-7-8-18(11-19)10-14-5-6-15(16)12(2)9-14/h5-6,9,11,13,17H,4,7-8,10H2,1-3H3/t13-/m0/s1. The first-order chi connectivity index (χ1) is 9.06. The molecule has 0 bridgehead atoms. The minimum atomic E-state index is 0.492. The highest BCUT2D eigenvalue weighted by Gasteiger charge is 2.05. The fourth-order valence-corrected chi connectivity index (χ4v) is 1.93. The average Bonchev–Trinajstić information content (AvgIpc) is 2.41. The van der Waals surface area contributed by atoms with Gasteiger partial charge in [-0.2, -0.15) is 0 Å². The molecule has 1 N–H and O–H groups in total. The van der Waals surface area contributed by atoms with E-state index in [4.69, 9.17) is 11.6 Å². The van der Waals surface area contributed by atoms with Gasteiger partial charge < -0.3 is 10.2 Å². The van der Waals surface area contributed by atoms with E-state index < -0.39 is 0 Å². The van der Waals surface area contributed by atoms with Crippen LogP contribution in [0.4, 0.5) is 0 Å². The van der Waals surface area contributed by atoms with E-state index in [1.165, 1.54) is 0 Å². The Morgan fingerprint density at radius 1 is 1.47 bits per heavy atom. The Balaban J connectivity index is 2.47. The largest absolute Gasteiger partial charge is 0.340 e. The van der Waals surface area contributed by atoms with Crippen LogP contribution in [0.3, 0.4) is 0 Å². The van der Waals surface area contributed by atoms with Crippen LogP contribution < -0.4 is 5.32 Å². The lowest BCUT2D eigenvalue weighted by Gasteiger charge is -2.19. The van der Waals surface area contributed by atoms with Gasteiger partial charge in [0.25, 0.3) is 0 Å². The molecule has 0 saturated carbocycles. The molecule has 0 spiro atoms. The van der Waals surface area contributed by atoms with Crippen LogP contribution in [0, 0.1) is 6.92 Å². The highest BCUT2D eigenvalue weighted by atomic mass is 35.5. The van der Waals surface area contributed by atoms with Crippen LogP contribution in [0.15, 0.2) is 18.2 Å². The molecule has 0 aromatic heterocycles. The zero-order chi connectivity index (χ0) is 14.3. The third-order valence-corrected chi connectivity index (χ3v) is 3.69. The smallest absolute Gasteiger partial charge is 0.210 e. The Labute approximate surface area is 120 Å². The SMILES string of the molecule is CC[C@H](C)NCCN(C=O)Cc1ccc(Cl)c(C)c1. The van der Waals surface area contributed by atoms with Gasteiger partial charge in [0.15, 0.2) is 0 Å². The predicted molar refractivity (Wildman–Crippen MR) is 80.4 cm³/mol. The van der Waals surface area contributed by atoms with Crippen molar-refractivity contribution in [1.29, 1.82) is 0 Å². The lowest BCUT2D eigenvalue weighted by Crippen LogP contribution is -2.34. The van der Waals surface area contributed by atoms with Crippen LogP contribution in [-0.4, -0.2) is 30.4 Å². The Bertz CT molecular complexity index is 409. The molecule has 4 heteroatoms. The summed E-state index contributed by atoms with van der Waals surface area (Å²) in [5.74, 6) is 0. The molecule has 0 unspecified atom stereocenters. The highest BCUT2D eigenvalue weighted by Crippen LogP contribution is 2.17. The van der Waals surface area contributed by atoms with Gasteiger partial charge in [0, 0.05) is 30.7 Å². The molecular weight excluding hydrogens is 260 g/mol. The Kier molecular flexibility index (Phi) is 6.89. The van der Waals surface area contributed by atoms with Gasteiger partial charge in [0.1, 0.15) is 0 Å². The molecule has 3 nitrogen and oxygen atoms in total. The number of benzene rings is 1. The maximum atomic E-state index is 11.1. The summed E-state index contributed by atoms with van der Waals surface area (Å²) >= 11 is 5.99. The summed E-state index contributed by atoms with van der Waals surface area (Å²) in [5, 5.41) is 4.15. The van der Waals surface area contributed by atoms with Gasteiger partial charge in [-0.05, 0) is 37.5 Å². The molecule has 0 aliphatic rings. The summed E-state index contributed by atoms with van der Waals surface area (Å²) in [5.41, 5.74) is 2.15. The quantitative estimate of drug-likeness (QED) is 0.744. The van der Waals surface area contributed by atoms with Gasteiger partial charge in [-0.1, -0.05) is 30.7 Å². The van der Waals surface area contributed by atoms with E-state index >= 15 is 0 Å². The lowest BCUT2D eigenvalue weighted by atomic mass is 10.1. The molecule has 106 valence electrons. The zero-order valence-electron chi connectivity index (χ0n) is 11.9. The summed E-state index contributed by atoms with van der Waals surface area (Å²) in [6.07, 6.45) is 2.00. The summed E-state index contributed by atoms with van der Waals surface area (Å²) < 4.78 is 0. The number of hydrogen-bond donors (Lipinski definition) is 1. The molecule has 0 fully saturated rings. The van der Waals surface area contributed by atoms with Crippen molar-refractivity contribution in [2.75, 3.05) is 13.1 Å². The summed E-state index contributed by atoms with van der Waals surface area (Å²) in [6.45, 7) is 8.43. The fourth-order valence-electron chi connectivity index (χ4n) is 1.81. The molecule has 0 saturated heterocycles. The van der Waals surface area contributed by atoms with Gasteiger partial charge in [0.05, 0.1) is 0 Å². The molecule has 1 atom stereocenters. The molecule has 1 aromatic rings. The third kappa shape index (κ3) is 5.62. The Morgan fingerprint density at radius 3 is 2.79 bits per heavy atom. The minimum absolute atomic E-state index is 0.492. The number of nitrogens with one attached hydrogen (secondary N) is 1. The van der Waals surface area contributed by atoms with Crippen molar-refractivity contribution in [2.24, 2.45) is 0 Å². The van der Waals surface area contributed by atoms with E-state index in [1.807, 2.05) is 25.1 Å². The minimum Gasteiger partial charge on any atom is -0.340 e. The number of hydrogen-bond acceptors (Lipinski definition) is 2. The molecule has 1 amide bonds. The summed E-state index contributed by atoms with van der Waals surface area (Å²) in [4.78, 5) is 12.9.